The number of anilines is 2. The molecule has 0 amide bonds. The van der Waals surface area contributed by atoms with Crippen LogP contribution in [0.5, 0.6) is 0 Å². The maximum absolute atomic E-state index is 10.3. The van der Waals surface area contributed by atoms with Gasteiger partial charge < -0.3 is 9.80 Å². The minimum Gasteiger partial charge on any atom is -0.371 e. The van der Waals surface area contributed by atoms with E-state index in [1.54, 1.807) is 0 Å². The molecule has 0 fully saturated rings. The van der Waals surface area contributed by atoms with Crippen LogP contribution in [0.15, 0.2) is 83.9 Å². The van der Waals surface area contributed by atoms with Gasteiger partial charge in [0.15, 0.2) is 0 Å². The Morgan fingerprint density at radius 2 is 1.07 bits per heavy atom. The van der Waals surface area contributed by atoms with Crippen LogP contribution in [0.3, 0.4) is 0 Å². The van der Waals surface area contributed by atoms with Crippen molar-refractivity contribution in [3.05, 3.63) is 106 Å². The van der Waals surface area contributed by atoms with Crippen molar-refractivity contribution in [2.75, 3.05) is 22.9 Å². The van der Waals surface area contributed by atoms with E-state index in [2.05, 4.69) is 131 Å². The third kappa shape index (κ3) is 9.81. The Labute approximate surface area is 325 Å². The molecular weight excluding hydrogens is 661 g/mol. The zero-order valence-corrected chi connectivity index (χ0v) is 33.6. The van der Waals surface area contributed by atoms with Crippen molar-refractivity contribution in [1.82, 2.24) is 0 Å². The Balaban J connectivity index is 1.92. The summed E-state index contributed by atoms with van der Waals surface area (Å²) in [5.74, 6) is 1.23. The fraction of sp³-hybridized carbons (Fsp3) is 0.458. The predicted octanol–water partition coefficient (Wildman–Crippen LogP) is 11.9. The molecule has 54 heavy (non-hydrogen) atoms. The van der Waals surface area contributed by atoms with Crippen molar-refractivity contribution in [3.8, 4) is 24.3 Å². The molecule has 0 saturated heterocycles. The van der Waals surface area contributed by atoms with Gasteiger partial charge in [-0.3, -0.25) is 0 Å². The minimum atomic E-state index is -0.715. The fourth-order valence-corrected chi connectivity index (χ4v) is 7.77. The predicted molar refractivity (Wildman–Crippen MR) is 223 cm³/mol. The monoisotopic (exact) mass is 718 g/mol. The van der Waals surface area contributed by atoms with Crippen LogP contribution in [0.2, 0.25) is 0 Å². The molecule has 0 aliphatic heterocycles. The zero-order chi connectivity index (χ0) is 39.3. The summed E-state index contributed by atoms with van der Waals surface area (Å²) in [5, 5.41) is 41.2. The molecule has 0 aromatic heterocycles. The second-order valence-corrected chi connectivity index (χ2v) is 15.8. The van der Waals surface area contributed by atoms with E-state index >= 15 is 0 Å². The van der Waals surface area contributed by atoms with Crippen molar-refractivity contribution >= 4 is 22.5 Å². The van der Waals surface area contributed by atoms with Gasteiger partial charge in [0.1, 0.15) is 35.4 Å². The largest absolute Gasteiger partial charge is 0.371 e. The Morgan fingerprint density at radius 1 is 0.630 bits per heavy atom. The molecule has 0 spiro atoms. The number of allylic oxidation sites excluding steroid dienone is 2. The zero-order valence-electron chi connectivity index (χ0n) is 33.6. The highest BCUT2D eigenvalue weighted by atomic mass is 15.2. The molecule has 0 N–H and O–H groups in total. The first-order chi connectivity index (χ1) is 26.1. The number of fused-ring (bicyclic) bond motifs is 1. The van der Waals surface area contributed by atoms with Crippen molar-refractivity contribution in [3.63, 3.8) is 0 Å². The van der Waals surface area contributed by atoms with Gasteiger partial charge in [0, 0.05) is 42.2 Å². The van der Waals surface area contributed by atoms with Gasteiger partial charge in [0.25, 0.3) is 0 Å². The second-order valence-electron chi connectivity index (χ2n) is 15.8. The van der Waals surface area contributed by atoms with Crippen LogP contribution < -0.4 is 9.80 Å². The number of hydrogen-bond donors (Lipinski definition) is 0. The first-order valence-electron chi connectivity index (χ1n) is 20.0. The average molecular weight is 719 g/mol. The normalized spacial score (nSPS) is 13.5. The summed E-state index contributed by atoms with van der Waals surface area (Å²) in [6, 6.07) is 32.7. The molecule has 2 unspecified atom stereocenters. The number of nitriles is 4. The van der Waals surface area contributed by atoms with E-state index in [9.17, 15) is 21.0 Å². The van der Waals surface area contributed by atoms with Crippen LogP contribution in [0.1, 0.15) is 122 Å². The molecule has 3 aromatic carbocycles. The maximum atomic E-state index is 10.3. The Hall–Kier alpha value is -5.30. The van der Waals surface area contributed by atoms with Gasteiger partial charge in [0.05, 0.1) is 6.04 Å². The molecular formula is C48H58N6. The van der Waals surface area contributed by atoms with Crippen molar-refractivity contribution < 1.29 is 0 Å². The summed E-state index contributed by atoms with van der Waals surface area (Å²) in [6.45, 7) is 18.2. The van der Waals surface area contributed by atoms with Crippen LogP contribution in [0.25, 0.3) is 11.1 Å². The molecule has 4 rings (SSSR count). The van der Waals surface area contributed by atoms with E-state index in [4.69, 9.17) is 0 Å². The van der Waals surface area contributed by atoms with E-state index in [1.165, 1.54) is 49.8 Å². The lowest BCUT2D eigenvalue weighted by molar-refractivity contribution is 0.403. The van der Waals surface area contributed by atoms with Crippen LogP contribution in [-0.4, -0.2) is 19.1 Å². The van der Waals surface area contributed by atoms with Gasteiger partial charge in [-0.2, -0.15) is 21.0 Å². The van der Waals surface area contributed by atoms with E-state index in [0.29, 0.717) is 40.7 Å². The van der Waals surface area contributed by atoms with E-state index < -0.39 is 6.04 Å². The van der Waals surface area contributed by atoms with Gasteiger partial charge >= 0.3 is 0 Å². The lowest BCUT2D eigenvalue weighted by atomic mass is 9.86. The first kappa shape index (κ1) is 41.5. The Morgan fingerprint density at radius 3 is 1.46 bits per heavy atom. The number of hydrogen-bond acceptors (Lipinski definition) is 6. The second kappa shape index (κ2) is 19.7. The lowest BCUT2D eigenvalue weighted by Crippen LogP contribution is -2.36. The summed E-state index contributed by atoms with van der Waals surface area (Å²) in [7, 11) is 0. The van der Waals surface area contributed by atoms with E-state index in [1.807, 2.05) is 24.3 Å². The van der Waals surface area contributed by atoms with E-state index in [0.717, 1.165) is 37.2 Å². The van der Waals surface area contributed by atoms with Crippen molar-refractivity contribution in [2.24, 2.45) is 11.8 Å². The number of benzene rings is 3. The molecule has 6 heteroatoms. The summed E-state index contributed by atoms with van der Waals surface area (Å²) in [6.07, 6.45) is 9.61. The Kier molecular flexibility index (Phi) is 15.1. The topological polar surface area (TPSA) is 102 Å². The average Bonchev–Trinajstić information content (AvgIpc) is 3.51. The summed E-state index contributed by atoms with van der Waals surface area (Å²) in [4.78, 5) is 4.77. The van der Waals surface area contributed by atoms with Gasteiger partial charge in [0.2, 0.25) is 0 Å². The third-order valence-electron chi connectivity index (χ3n) is 11.1. The molecule has 1 aliphatic rings. The smallest absolute Gasteiger partial charge is 0.135 e. The summed E-state index contributed by atoms with van der Waals surface area (Å²) >= 11 is 0. The molecule has 0 heterocycles. The van der Waals surface area contributed by atoms with Gasteiger partial charge in [-0.15, -0.1) is 0 Å². The molecule has 0 saturated carbocycles. The van der Waals surface area contributed by atoms with Crippen LogP contribution in [0.4, 0.5) is 11.4 Å². The SMILES string of the molecule is CCCCC(CC)CN(CC(CC)CCCC)c1ccc(N(Cc2ccc(C(C)(C)C)cc2)C2C(=C(C#N)C#N)c3ccccc3C2=C(C#N)C#N)cc1. The van der Waals surface area contributed by atoms with Gasteiger partial charge in [-0.25, -0.2) is 0 Å². The standard InChI is InChI=1S/C48H58N6/c1-8-12-16-35(10-3)32-53(33-36(11-4)17-13-9-2)41-24-26-42(27-25-41)54(34-37-20-22-40(23-21-37)48(5,6)7)47-45(38(28-49)29-50)43-18-14-15-19-44(43)46(47)39(30-51)31-52/h14-15,18-27,35-36,47H,8-13,16-17,32-34H2,1-7H3. The van der Waals surface area contributed by atoms with Crippen LogP contribution >= 0.6 is 0 Å². The molecule has 1 aliphatic carbocycles. The van der Waals surface area contributed by atoms with Crippen LogP contribution in [-0.2, 0) is 12.0 Å². The molecule has 0 radical (unpaired) electrons. The molecule has 0 bridgehead atoms. The van der Waals surface area contributed by atoms with E-state index in [-0.39, 0.29) is 16.6 Å². The fourth-order valence-electron chi connectivity index (χ4n) is 7.77. The highest BCUT2D eigenvalue weighted by molar-refractivity contribution is 6.04. The molecule has 6 nitrogen and oxygen atoms in total. The maximum Gasteiger partial charge on any atom is 0.135 e. The quantitative estimate of drug-likeness (QED) is 0.129. The number of rotatable bonds is 17. The highest BCUT2D eigenvalue weighted by Crippen LogP contribution is 2.48. The molecule has 280 valence electrons. The first-order valence-corrected chi connectivity index (χ1v) is 20.0. The van der Waals surface area contributed by atoms with Gasteiger partial charge in [-0.05, 0) is 76.6 Å². The Bertz CT molecular complexity index is 1810. The van der Waals surface area contributed by atoms with Gasteiger partial charge in [-0.1, -0.05) is 136 Å². The highest BCUT2D eigenvalue weighted by Gasteiger charge is 2.40. The molecule has 2 atom stereocenters. The lowest BCUT2D eigenvalue weighted by Gasteiger charge is -2.35. The van der Waals surface area contributed by atoms with Crippen molar-refractivity contribution in [2.45, 2.75) is 118 Å². The summed E-state index contributed by atoms with van der Waals surface area (Å²) < 4.78 is 0. The van der Waals surface area contributed by atoms with Crippen molar-refractivity contribution in [1.29, 1.82) is 21.0 Å². The summed E-state index contributed by atoms with van der Waals surface area (Å²) in [5.41, 5.74) is 6.71. The number of unbranched alkanes of at least 4 members (excludes halogenated alkanes) is 2. The van der Waals surface area contributed by atoms with Crippen LogP contribution in [0, 0.1) is 57.2 Å². The minimum absolute atomic E-state index is 0.0114. The third-order valence-corrected chi connectivity index (χ3v) is 11.1. The number of nitrogens with zero attached hydrogens (tertiary/aromatic N) is 6. The molecule has 3 aromatic rings.